The molecule has 0 aliphatic heterocycles. The van der Waals surface area contributed by atoms with Gasteiger partial charge >= 0.3 is 0 Å². The molecule has 2 rings (SSSR count). The summed E-state index contributed by atoms with van der Waals surface area (Å²) in [6.07, 6.45) is 1.38. The van der Waals surface area contributed by atoms with Gasteiger partial charge in [0.2, 0.25) is 0 Å². The Balaban J connectivity index is 0.00000139. The van der Waals surface area contributed by atoms with E-state index >= 15 is 0 Å². The molecule has 5 nitrogen and oxygen atoms in total. The van der Waals surface area contributed by atoms with Crippen LogP contribution >= 0.6 is 23.2 Å². The first kappa shape index (κ1) is 19.9. The minimum absolute atomic E-state index is 0.193. The number of halogens is 2. The third kappa shape index (κ3) is 4.69. The Labute approximate surface area is 151 Å². The second-order valence-electron chi connectivity index (χ2n) is 4.55. The number of rotatable bonds is 4. The van der Waals surface area contributed by atoms with E-state index in [1.165, 1.54) is 6.20 Å². The summed E-state index contributed by atoms with van der Waals surface area (Å²) in [5, 5.41) is 14.1. The number of hydrogen-bond acceptors (Lipinski definition) is 4. The van der Waals surface area contributed by atoms with Crippen LogP contribution in [0.3, 0.4) is 0 Å². The van der Waals surface area contributed by atoms with Gasteiger partial charge in [0.05, 0.1) is 16.1 Å². The van der Waals surface area contributed by atoms with E-state index in [-0.39, 0.29) is 16.3 Å². The number of pyridine rings is 1. The van der Waals surface area contributed by atoms with E-state index in [2.05, 4.69) is 15.6 Å². The van der Waals surface area contributed by atoms with Crippen molar-refractivity contribution >= 4 is 46.3 Å². The molecule has 2 aromatic rings. The molecular weight excluding hydrogens is 347 g/mol. The van der Waals surface area contributed by atoms with Crippen LogP contribution in [0.1, 0.15) is 36.7 Å². The molecule has 0 spiro atoms. The van der Waals surface area contributed by atoms with Crippen molar-refractivity contribution in [1.82, 2.24) is 4.98 Å². The van der Waals surface area contributed by atoms with E-state index in [0.717, 1.165) is 0 Å². The van der Waals surface area contributed by atoms with Crippen molar-refractivity contribution in [2.45, 2.75) is 20.8 Å². The molecule has 0 saturated heterocycles. The van der Waals surface area contributed by atoms with E-state index in [4.69, 9.17) is 28.6 Å². The first-order valence-corrected chi connectivity index (χ1v) is 8.18. The largest absolute Gasteiger partial charge is 0.373 e. The number of aromatic nitrogens is 1. The maximum Gasteiger partial charge on any atom is 0.258 e. The number of amides is 1. The first-order valence-electron chi connectivity index (χ1n) is 7.42. The average Bonchev–Trinajstić information content (AvgIpc) is 2.57. The summed E-state index contributed by atoms with van der Waals surface area (Å²) >= 11 is 12.1. The molecule has 0 fully saturated rings. The molecule has 24 heavy (non-hydrogen) atoms. The summed E-state index contributed by atoms with van der Waals surface area (Å²) in [6, 6.07) is 6.72. The summed E-state index contributed by atoms with van der Waals surface area (Å²) in [4.78, 5) is 16.5. The van der Waals surface area contributed by atoms with Crippen molar-refractivity contribution in [3.8, 4) is 0 Å². The fourth-order valence-corrected chi connectivity index (χ4v) is 2.40. The quantitative estimate of drug-likeness (QED) is 0.658. The Morgan fingerprint density at radius 3 is 2.25 bits per heavy atom. The van der Waals surface area contributed by atoms with Gasteiger partial charge in [-0.1, -0.05) is 37.0 Å². The highest BCUT2D eigenvalue weighted by atomic mass is 35.5. The number of benzene rings is 1. The molecule has 0 aliphatic carbocycles. The van der Waals surface area contributed by atoms with Gasteiger partial charge < -0.3 is 16.0 Å². The zero-order valence-corrected chi connectivity index (χ0v) is 15.5. The van der Waals surface area contributed by atoms with Crippen LogP contribution in [0.4, 0.5) is 11.5 Å². The summed E-state index contributed by atoms with van der Waals surface area (Å²) in [6.45, 7) is 5.59. The van der Waals surface area contributed by atoms with Crippen LogP contribution in [0, 0.1) is 5.41 Å². The Kier molecular flexibility index (Phi) is 7.68. The Morgan fingerprint density at radius 2 is 1.75 bits per heavy atom. The van der Waals surface area contributed by atoms with Gasteiger partial charge in [-0.15, -0.1) is 0 Å². The molecule has 1 aromatic carbocycles. The Bertz CT molecular complexity index is 730. The fourth-order valence-electron chi connectivity index (χ4n) is 1.91. The van der Waals surface area contributed by atoms with Crippen molar-refractivity contribution < 1.29 is 4.79 Å². The molecule has 0 radical (unpaired) electrons. The average molecular weight is 367 g/mol. The lowest BCUT2D eigenvalue weighted by Crippen LogP contribution is -2.15. The van der Waals surface area contributed by atoms with Gasteiger partial charge in [0.15, 0.2) is 0 Å². The molecule has 0 unspecified atom stereocenters. The summed E-state index contributed by atoms with van der Waals surface area (Å²) in [5.41, 5.74) is 1.43. The van der Waals surface area contributed by atoms with Crippen molar-refractivity contribution in [2.75, 3.05) is 17.7 Å². The third-order valence-electron chi connectivity index (χ3n) is 2.97. The van der Waals surface area contributed by atoms with Crippen LogP contribution in [-0.4, -0.2) is 23.7 Å². The predicted molar refractivity (Wildman–Crippen MR) is 102 cm³/mol. The van der Waals surface area contributed by atoms with E-state index in [0.29, 0.717) is 22.1 Å². The normalized spacial score (nSPS) is 9.58. The zero-order valence-electron chi connectivity index (χ0n) is 14.0. The lowest BCUT2D eigenvalue weighted by Gasteiger charge is -2.13. The molecule has 0 bridgehead atoms. The maximum atomic E-state index is 12.3. The molecule has 3 N–H and O–H groups in total. The van der Waals surface area contributed by atoms with Crippen molar-refractivity contribution in [3.05, 3.63) is 51.6 Å². The molecule has 1 heterocycles. The van der Waals surface area contributed by atoms with Crippen LogP contribution in [0.25, 0.3) is 0 Å². The molecule has 1 aromatic heterocycles. The molecule has 1 amide bonds. The topological polar surface area (TPSA) is 77.9 Å². The van der Waals surface area contributed by atoms with Gasteiger partial charge in [-0.25, -0.2) is 4.98 Å². The Morgan fingerprint density at radius 1 is 1.17 bits per heavy atom. The van der Waals surface area contributed by atoms with Crippen LogP contribution in [0.2, 0.25) is 10.0 Å². The Hall–Kier alpha value is -2.11. The number of nitrogens with one attached hydrogen (secondary N) is 3. The number of carbonyl (C=O) groups excluding carboxylic acids is 1. The number of hydrogen-bond donors (Lipinski definition) is 3. The number of carbonyl (C=O) groups is 1. The molecule has 128 valence electrons. The zero-order chi connectivity index (χ0) is 18.3. The summed E-state index contributed by atoms with van der Waals surface area (Å²) in [7, 11) is 1.68. The lowest BCUT2D eigenvalue weighted by molar-refractivity contribution is 0.102. The standard InChI is InChI=1S/C15H14Cl2N4O.C2H6/c1-8(18)12-13(17)11(7-20-14(12)19-2)15(22)21-10-5-3-9(16)4-6-10;1-2/h3-7,18H,1-2H3,(H,19,20)(H,21,22);1-2H3. The second-order valence-corrected chi connectivity index (χ2v) is 5.36. The van der Waals surface area contributed by atoms with Crippen LogP contribution in [0.5, 0.6) is 0 Å². The van der Waals surface area contributed by atoms with Gasteiger partial charge in [0.25, 0.3) is 5.91 Å². The molecule has 7 heteroatoms. The van der Waals surface area contributed by atoms with Gasteiger partial charge in [0, 0.05) is 29.7 Å². The van der Waals surface area contributed by atoms with E-state index in [1.54, 1.807) is 38.2 Å². The van der Waals surface area contributed by atoms with Crippen LogP contribution in [-0.2, 0) is 0 Å². The second kappa shape index (κ2) is 9.25. The predicted octanol–water partition coefficient (Wildman–Crippen LogP) is 5.10. The molecule has 0 aliphatic rings. The highest BCUT2D eigenvalue weighted by molar-refractivity contribution is 6.38. The SMILES string of the molecule is CC.CNc1ncc(C(=O)Nc2ccc(Cl)cc2)c(Cl)c1C(C)=N. The first-order chi connectivity index (χ1) is 11.4. The van der Waals surface area contributed by atoms with Gasteiger partial charge in [-0.2, -0.15) is 0 Å². The van der Waals surface area contributed by atoms with E-state index in [9.17, 15) is 4.79 Å². The van der Waals surface area contributed by atoms with E-state index < -0.39 is 5.91 Å². The van der Waals surface area contributed by atoms with Crippen molar-refractivity contribution in [2.24, 2.45) is 0 Å². The monoisotopic (exact) mass is 366 g/mol. The fraction of sp³-hybridized carbons (Fsp3) is 0.235. The minimum Gasteiger partial charge on any atom is -0.373 e. The summed E-state index contributed by atoms with van der Waals surface area (Å²) in [5.74, 6) is 0.0607. The van der Waals surface area contributed by atoms with Gasteiger partial charge in [-0.3, -0.25) is 4.79 Å². The highest BCUT2D eigenvalue weighted by Gasteiger charge is 2.19. The smallest absolute Gasteiger partial charge is 0.258 e. The van der Waals surface area contributed by atoms with Crippen LogP contribution < -0.4 is 10.6 Å². The van der Waals surface area contributed by atoms with Crippen molar-refractivity contribution in [3.63, 3.8) is 0 Å². The minimum atomic E-state index is -0.398. The third-order valence-corrected chi connectivity index (χ3v) is 3.62. The maximum absolute atomic E-state index is 12.3. The van der Waals surface area contributed by atoms with Gasteiger partial charge in [-0.05, 0) is 31.2 Å². The molecule has 0 atom stereocenters. The van der Waals surface area contributed by atoms with Crippen molar-refractivity contribution in [1.29, 1.82) is 5.41 Å². The number of anilines is 2. The summed E-state index contributed by atoms with van der Waals surface area (Å²) < 4.78 is 0. The molecule has 0 saturated carbocycles. The van der Waals surface area contributed by atoms with E-state index in [1.807, 2.05) is 13.8 Å². The number of nitrogens with zero attached hydrogens (tertiary/aromatic N) is 1. The molecular formula is C17H20Cl2N4O. The lowest BCUT2D eigenvalue weighted by atomic mass is 10.1. The van der Waals surface area contributed by atoms with Crippen LogP contribution in [0.15, 0.2) is 30.5 Å². The highest BCUT2D eigenvalue weighted by Crippen LogP contribution is 2.27. The van der Waals surface area contributed by atoms with Gasteiger partial charge in [0.1, 0.15) is 5.82 Å².